The number of hydrogen-bond donors (Lipinski definition) is 1. The molecule has 1 heterocycles. The van der Waals surface area contributed by atoms with E-state index in [1.807, 2.05) is 12.1 Å². The number of fused-ring (bicyclic) bond motifs is 1. The maximum Gasteiger partial charge on any atom is 0.161 e. The fourth-order valence-electron chi connectivity index (χ4n) is 2.48. The van der Waals surface area contributed by atoms with E-state index in [2.05, 4.69) is 0 Å². The average Bonchev–Trinajstić information content (AvgIpc) is 2.49. The molecule has 0 amide bonds. The molecule has 0 bridgehead atoms. The number of benzene rings is 2. The van der Waals surface area contributed by atoms with Gasteiger partial charge in [0.15, 0.2) is 11.5 Å². The summed E-state index contributed by atoms with van der Waals surface area (Å²) in [5.74, 6) is 1.07. The molecule has 21 heavy (non-hydrogen) atoms. The largest absolute Gasteiger partial charge is 0.486 e. The summed E-state index contributed by atoms with van der Waals surface area (Å²) in [5, 5.41) is 10.7. The van der Waals surface area contributed by atoms with E-state index in [0.717, 1.165) is 11.1 Å². The van der Waals surface area contributed by atoms with E-state index in [9.17, 15) is 9.50 Å². The van der Waals surface area contributed by atoms with Crippen molar-refractivity contribution < 1.29 is 19.0 Å². The average molecular weight is 288 g/mol. The van der Waals surface area contributed by atoms with Gasteiger partial charge in [0.05, 0.1) is 5.60 Å². The molecule has 1 aliphatic rings. The van der Waals surface area contributed by atoms with Crippen LogP contribution >= 0.6 is 0 Å². The van der Waals surface area contributed by atoms with Crippen molar-refractivity contribution in [2.24, 2.45) is 0 Å². The summed E-state index contributed by atoms with van der Waals surface area (Å²) in [6.07, 6.45) is 0.396. The van der Waals surface area contributed by atoms with Gasteiger partial charge in [-0.3, -0.25) is 0 Å². The normalized spacial score (nSPS) is 16.3. The molecular weight excluding hydrogens is 271 g/mol. The molecule has 110 valence electrons. The first kappa shape index (κ1) is 13.9. The minimum atomic E-state index is -1.06. The molecule has 0 aromatic heterocycles. The molecule has 0 spiro atoms. The van der Waals surface area contributed by atoms with Crippen molar-refractivity contribution in [1.29, 1.82) is 0 Å². The molecule has 0 saturated carbocycles. The van der Waals surface area contributed by atoms with Gasteiger partial charge >= 0.3 is 0 Å². The second-order valence-electron chi connectivity index (χ2n) is 5.44. The Morgan fingerprint density at radius 2 is 1.71 bits per heavy atom. The van der Waals surface area contributed by atoms with Gasteiger partial charge in [-0.1, -0.05) is 18.2 Å². The lowest BCUT2D eigenvalue weighted by Crippen LogP contribution is -2.25. The lowest BCUT2D eigenvalue weighted by atomic mass is 9.89. The molecule has 3 nitrogen and oxygen atoms in total. The molecule has 4 heteroatoms. The number of hydrogen-bond acceptors (Lipinski definition) is 3. The third kappa shape index (κ3) is 3.00. The predicted octanol–water partition coefficient (Wildman–Crippen LogP) is 3.05. The molecule has 1 atom stereocenters. The molecule has 1 aliphatic heterocycles. The third-order valence-electron chi connectivity index (χ3n) is 3.63. The van der Waals surface area contributed by atoms with Crippen LogP contribution in [-0.2, 0) is 12.0 Å². The van der Waals surface area contributed by atoms with Crippen LogP contribution in [0.5, 0.6) is 11.5 Å². The maximum absolute atomic E-state index is 12.9. The molecule has 2 aromatic carbocycles. The van der Waals surface area contributed by atoms with Crippen LogP contribution in [0.4, 0.5) is 4.39 Å². The van der Waals surface area contributed by atoms with Crippen LogP contribution in [0.1, 0.15) is 18.1 Å². The minimum Gasteiger partial charge on any atom is -0.486 e. The quantitative estimate of drug-likeness (QED) is 0.943. The Morgan fingerprint density at radius 3 is 2.43 bits per heavy atom. The van der Waals surface area contributed by atoms with Crippen LogP contribution in [0.25, 0.3) is 0 Å². The molecule has 2 aromatic rings. The first-order valence-electron chi connectivity index (χ1n) is 6.91. The number of aliphatic hydroxyl groups is 1. The van der Waals surface area contributed by atoms with Crippen molar-refractivity contribution in [3.63, 3.8) is 0 Å². The molecule has 1 unspecified atom stereocenters. The fraction of sp³-hybridized carbons (Fsp3) is 0.294. The molecule has 0 radical (unpaired) electrons. The monoisotopic (exact) mass is 288 g/mol. The highest BCUT2D eigenvalue weighted by Crippen LogP contribution is 2.35. The van der Waals surface area contributed by atoms with Crippen LogP contribution in [0.3, 0.4) is 0 Å². The molecular formula is C17H17FO3. The van der Waals surface area contributed by atoms with Crippen LogP contribution in [0, 0.1) is 5.82 Å². The summed E-state index contributed by atoms with van der Waals surface area (Å²) in [7, 11) is 0. The second-order valence-corrected chi connectivity index (χ2v) is 5.44. The van der Waals surface area contributed by atoms with Gasteiger partial charge in [0.1, 0.15) is 19.0 Å². The van der Waals surface area contributed by atoms with Gasteiger partial charge in [-0.25, -0.2) is 4.39 Å². The van der Waals surface area contributed by atoms with E-state index >= 15 is 0 Å². The Labute approximate surface area is 122 Å². The van der Waals surface area contributed by atoms with E-state index < -0.39 is 5.60 Å². The number of ether oxygens (including phenoxy) is 2. The lowest BCUT2D eigenvalue weighted by molar-refractivity contribution is 0.0568. The highest BCUT2D eigenvalue weighted by molar-refractivity contribution is 5.45. The van der Waals surface area contributed by atoms with E-state index in [1.165, 1.54) is 12.1 Å². The van der Waals surface area contributed by atoms with Crippen molar-refractivity contribution in [2.75, 3.05) is 13.2 Å². The molecule has 1 N–H and O–H groups in total. The summed E-state index contributed by atoms with van der Waals surface area (Å²) in [6, 6.07) is 11.6. The van der Waals surface area contributed by atoms with Crippen LogP contribution in [0.15, 0.2) is 42.5 Å². The van der Waals surface area contributed by atoms with E-state index in [-0.39, 0.29) is 5.82 Å². The Balaban J connectivity index is 1.85. The van der Waals surface area contributed by atoms with Crippen molar-refractivity contribution in [3.8, 4) is 11.5 Å². The minimum absolute atomic E-state index is 0.280. The third-order valence-corrected chi connectivity index (χ3v) is 3.63. The Morgan fingerprint density at radius 1 is 1.05 bits per heavy atom. The van der Waals surface area contributed by atoms with Gasteiger partial charge in [-0.15, -0.1) is 0 Å². The molecule has 0 saturated heterocycles. The zero-order chi connectivity index (χ0) is 14.9. The number of rotatable bonds is 3. The van der Waals surface area contributed by atoms with Crippen molar-refractivity contribution >= 4 is 0 Å². The van der Waals surface area contributed by atoms with Gasteiger partial charge in [-0.2, -0.15) is 0 Å². The second kappa shape index (κ2) is 5.37. The Bertz CT molecular complexity index is 635. The van der Waals surface area contributed by atoms with Gasteiger partial charge in [0, 0.05) is 6.42 Å². The Hall–Kier alpha value is -2.07. The van der Waals surface area contributed by atoms with E-state index in [4.69, 9.17) is 9.47 Å². The van der Waals surface area contributed by atoms with Crippen molar-refractivity contribution in [1.82, 2.24) is 0 Å². The highest BCUT2D eigenvalue weighted by atomic mass is 19.1. The summed E-state index contributed by atoms with van der Waals surface area (Å²) < 4.78 is 24.0. The maximum atomic E-state index is 12.9. The van der Waals surface area contributed by atoms with Gasteiger partial charge < -0.3 is 14.6 Å². The topological polar surface area (TPSA) is 38.7 Å². The smallest absolute Gasteiger partial charge is 0.161 e. The molecule has 3 rings (SSSR count). The lowest BCUT2D eigenvalue weighted by Gasteiger charge is -2.26. The molecule has 0 aliphatic carbocycles. The zero-order valence-electron chi connectivity index (χ0n) is 11.8. The SMILES string of the molecule is CC(O)(Cc1ccc(F)cc1)c1ccc2c(c1)OCCO2. The van der Waals surface area contributed by atoms with Gasteiger partial charge in [-0.05, 0) is 42.3 Å². The predicted molar refractivity (Wildman–Crippen MR) is 77.1 cm³/mol. The highest BCUT2D eigenvalue weighted by Gasteiger charge is 2.26. The first-order chi connectivity index (χ1) is 10.0. The summed E-state index contributed by atoms with van der Waals surface area (Å²) in [4.78, 5) is 0. The summed E-state index contributed by atoms with van der Waals surface area (Å²) in [5.41, 5.74) is 0.556. The fourth-order valence-corrected chi connectivity index (χ4v) is 2.48. The van der Waals surface area contributed by atoms with E-state index in [1.54, 1.807) is 25.1 Å². The van der Waals surface area contributed by atoms with Gasteiger partial charge in [0.25, 0.3) is 0 Å². The first-order valence-corrected chi connectivity index (χ1v) is 6.91. The van der Waals surface area contributed by atoms with Gasteiger partial charge in [0.2, 0.25) is 0 Å². The van der Waals surface area contributed by atoms with Crippen LogP contribution < -0.4 is 9.47 Å². The summed E-state index contributed by atoms with van der Waals surface area (Å²) >= 11 is 0. The molecule has 0 fully saturated rings. The standard InChI is InChI=1S/C17H17FO3/c1-17(19,11-12-2-5-14(18)6-3-12)13-4-7-15-16(10-13)21-9-8-20-15/h2-7,10,19H,8-9,11H2,1H3. The Kier molecular flexibility index (Phi) is 3.55. The van der Waals surface area contributed by atoms with Crippen molar-refractivity contribution in [3.05, 3.63) is 59.4 Å². The zero-order valence-corrected chi connectivity index (χ0v) is 11.8. The van der Waals surface area contributed by atoms with Crippen LogP contribution in [0.2, 0.25) is 0 Å². The van der Waals surface area contributed by atoms with Crippen molar-refractivity contribution in [2.45, 2.75) is 18.9 Å². The van der Waals surface area contributed by atoms with Crippen LogP contribution in [-0.4, -0.2) is 18.3 Å². The number of halogens is 1. The summed E-state index contributed by atoms with van der Waals surface area (Å²) in [6.45, 7) is 2.79. The van der Waals surface area contributed by atoms with E-state index in [0.29, 0.717) is 31.1 Å².